The second-order valence-electron chi connectivity index (χ2n) is 5.25. The van der Waals surface area contributed by atoms with Crippen LogP contribution in [0.4, 0.5) is 0 Å². The molecule has 1 aliphatic rings. The first-order chi connectivity index (χ1) is 9.31. The topological polar surface area (TPSA) is 39.2 Å². The molecule has 0 saturated heterocycles. The zero-order valence-corrected chi connectivity index (χ0v) is 11.7. The molecule has 0 spiro atoms. The van der Waals surface area contributed by atoms with Gasteiger partial charge in [-0.15, -0.1) is 0 Å². The van der Waals surface area contributed by atoms with Crippen molar-refractivity contribution in [1.29, 1.82) is 0 Å². The Kier molecular flexibility index (Phi) is 5.37. The lowest BCUT2D eigenvalue weighted by atomic mass is 9.86. The molecule has 1 aliphatic carbocycles. The summed E-state index contributed by atoms with van der Waals surface area (Å²) in [7, 11) is 0. The molecule has 1 fully saturated rings. The van der Waals surface area contributed by atoms with Crippen molar-refractivity contribution in [2.45, 2.75) is 51.9 Å². The largest absolute Gasteiger partial charge is 0.492 e. The van der Waals surface area contributed by atoms with Crippen LogP contribution in [-0.2, 0) is 0 Å². The van der Waals surface area contributed by atoms with Gasteiger partial charge < -0.3 is 4.74 Å². The van der Waals surface area contributed by atoms with Gasteiger partial charge in [0.05, 0.1) is 12.8 Å². The molecule has 0 atom stereocenters. The van der Waals surface area contributed by atoms with Gasteiger partial charge in [-0.25, -0.2) is 0 Å². The molecule has 1 heterocycles. The van der Waals surface area contributed by atoms with Crippen LogP contribution in [0.3, 0.4) is 0 Å². The van der Waals surface area contributed by atoms with Crippen LogP contribution in [0.15, 0.2) is 18.5 Å². The Morgan fingerprint density at radius 3 is 2.58 bits per heavy atom. The number of ketones is 1. The van der Waals surface area contributed by atoms with E-state index in [1.807, 2.05) is 13.0 Å². The van der Waals surface area contributed by atoms with Crippen molar-refractivity contribution in [3.8, 4) is 5.75 Å². The van der Waals surface area contributed by atoms with Crippen molar-refractivity contribution >= 4 is 5.78 Å². The molecule has 1 aromatic rings. The first kappa shape index (κ1) is 14.0. The number of rotatable bonds is 4. The molecular formula is C16H23NO2. The molecule has 0 amide bonds. The normalized spacial score (nSPS) is 17.5. The molecule has 0 N–H and O–H groups in total. The van der Waals surface area contributed by atoms with Crippen LogP contribution in [0.1, 0.15) is 62.2 Å². The minimum absolute atomic E-state index is 0.180. The molecule has 0 aliphatic heterocycles. The third-order valence-corrected chi connectivity index (χ3v) is 3.78. The Morgan fingerprint density at radius 2 is 1.89 bits per heavy atom. The van der Waals surface area contributed by atoms with Gasteiger partial charge in [0.25, 0.3) is 0 Å². The molecule has 0 bridgehead atoms. The molecule has 1 aromatic heterocycles. The Morgan fingerprint density at radius 1 is 1.21 bits per heavy atom. The number of nitrogens with zero attached hydrogens (tertiary/aromatic N) is 1. The number of hydrogen-bond donors (Lipinski definition) is 0. The van der Waals surface area contributed by atoms with E-state index >= 15 is 0 Å². The molecule has 3 nitrogen and oxygen atoms in total. The summed E-state index contributed by atoms with van der Waals surface area (Å²) in [5, 5.41) is 0. The quantitative estimate of drug-likeness (QED) is 0.768. The summed E-state index contributed by atoms with van der Waals surface area (Å²) < 4.78 is 5.41. The monoisotopic (exact) mass is 261 g/mol. The maximum Gasteiger partial charge on any atom is 0.167 e. The molecule has 3 heteroatoms. The average molecular weight is 261 g/mol. The fraction of sp³-hybridized carbons (Fsp3) is 0.625. The third-order valence-electron chi connectivity index (χ3n) is 3.78. The zero-order valence-electron chi connectivity index (χ0n) is 11.7. The highest BCUT2D eigenvalue weighted by Crippen LogP contribution is 2.26. The van der Waals surface area contributed by atoms with Gasteiger partial charge in [-0.1, -0.05) is 32.1 Å². The van der Waals surface area contributed by atoms with Crippen molar-refractivity contribution in [3.05, 3.63) is 24.0 Å². The molecule has 0 unspecified atom stereocenters. The smallest absolute Gasteiger partial charge is 0.167 e. The molecule has 104 valence electrons. The van der Waals surface area contributed by atoms with Crippen LogP contribution in [0.25, 0.3) is 0 Å². The van der Waals surface area contributed by atoms with Gasteiger partial charge in [-0.2, -0.15) is 0 Å². The Hall–Kier alpha value is -1.38. The van der Waals surface area contributed by atoms with Gasteiger partial charge in [0.1, 0.15) is 5.75 Å². The number of carbonyl (C=O) groups is 1. The second-order valence-corrected chi connectivity index (χ2v) is 5.25. The number of hydrogen-bond acceptors (Lipinski definition) is 3. The Labute approximate surface area is 115 Å². The van der Waals surface area contributed by atoms with Gasteiger partial charge in [0.2, 0.25) is 0 Å². The van der Waals surface area contributed by atoms with E-state index in [0.29, 0.717) is 17.9 Å². The van der Waals surface area contributed by atoms with Crippen molar-refractivity contribution in [1.82, 2.24) is 4.98 Å². The van der Waals surface area contributed by atoms with Crippen LogP contribution in [0.5, 0.6) is 5.75 Å². The van der Waals surface area contributed by atoms with E-state index in [1.165, 1.54) is 32.1 Å². The van der Waals surface area contributed by atoms with E-state index in [4.69, 9.17) is 4.74 Å². The van der Waals surface area contributed by atoms with Crippen LogP contribution in [-0.4, -0.2) is 17.4 Å². The second kappa shape index (κ2) is 7.27. The van der Waals surface area contributed by atoms with E-state index in [0.717, 1.165) is 12.8 Å². The molecule has 19 heavy (non-hydrogen) atoms. The number of Topliss-reactive ketones (excluding diaryl/α,β-unsaturated/α-hetero) is 1. The fourth-order valence-electron chi connectivity index (χ4n) is 2.75. The van der Waals surface area contributed by atoms with Crippen molar-refractivity contribution in [2.75, 3.05) is 6.61 Å². The predicted octanol–water partition coefficient (Wildman–Crippen LogP) is 4.02. The standard InChI is InChI=1S/C16H23NO2/c1-2-19-15-10-14(11-17-12-15)16(18)13-8-6-4-3-5-7-9-13/h10-13H,2-9H2,1H3. The van der Waals surface area contributed by atoms with Crippen molar-refractivity contribution in [3.63, 3.8) is 0 Å². The maximum atomic E-state index is 12.5. The lowest BCUT2D eigenvalue weighted by Gasteiger charge is -2.18. The Bertz CT molecular complexity index is 409. The molecule has 0 radical (unpaired) electrons. The van der Waals surface area contributed by atoms with Gasteiger partial charge >= 0.3 is 0 Å². The third kappa shape index (κ3) is 4.05. The first-order valence-corrected chi connectivity index (χ1v) is 7.43. The van der Waals surface area contributed by atoms with Crippen LogP contribution >= 0.6 is 0 Å². The predicted molar refractivity (Wildman–Crippen MR) is 75.5 cm³/mol. The molecule has 2 rings (SSSR count). The molecule has 0 aromatic carbocycles. The van der Waals surface area contributed by atoms with E-state index in [-0.39, 0.29) is 11.7 Å². The number of aromatic nitrogens is 1. The summed E-state index contributed by atoms with van der Waals surface area (Å²) in [5.41, 5.74) is 0.705. The van der Waals surface area contributed by atoms with Crippen LogP contribution < -0.4 is 4.74 Å². The first-order valence-electron chi connectivity index (χ1n) is 7.43. The highest BCUT2D eigenvalue weighted by atomic mass is 16.5. The summed E-state index contributed by atoms with van der Waals surface area (Å²) >= 11 is 0. The minimum Gasteiger partial charge on any atom is -0.492 e. The lowest BCUT2D eigenvalue weighted by molar-refractivity contribution is 0.0897. The summed E-state index contributed by atoms with van der Waals surface area (Å²) in [4.78, 5) is 16.6. The van der Waals surface area contributed by atoms with Crippen LogP contribution in [0, 0.1) is 5.92 Å². The number of carbonyl (C=O) groups excluding carboxylic acids is 1. The fourth-order valence-corrected chi connectivity index (χ4v) is 2.75. The van der Waals surface area contributed by atoms with Crippen molar-refractivity contribution < 1.29 is 9.53 Å². The number of ether oxygens (including phenoxy) is 1. The average Bonchev–Trinajstić information content (AvgIpc) is 2.38. The maximum absolute atomic E-state index is 12.5. The van der Waals surface area contributed by atoms with E-state index < -0.39 is 0 Å². The Balaban J connectivity index is 2.06. The van der Waals surface area contributed by atoms with Gasteiger partial charge in [0, 0.05) is 17.7 Å². The van der Waals surface area contributed by atoms with E-state index in [2.05, 4.69) is 4.98 Å². The molecule has 1 saturated carbocycles. The zero-order chi connectivity index (χ0) is 13.5. The highest BCUT2D eigenvalue weighted by Gasteiger charge is 2.21. The number of pyridine rings is 1. The van der Waals surface area contributed by atoms with E-state index in [9.17, 15) is 4.79 Å². The van der Waals surface area contributed by atoms with Gasteiger partial charge in [0.15, 0.2) is 5.78 Å². The molecular weight excluding hydrogens is 238 g/mol. The van der Waals surface area contributed by atoms with Gasteiger partial charge in [-0.05, 0) is 25.8 Å². The highest BCUT2D eigenvalue weighted by molar-refractivity contribution is 5.97. The van der Waals surface area contributed by atoms with Crippen molar-refractivity contribution in [2.24, 2.45) is 5.92 Å². The lowest BCUT2D eigenvalue weighted by Crippen LogP contribution is -2.16. The minimum atomic E-state index is 0.180. The summed E-state index contributed by atoms with van der Waals surface area (Å²) in [5.74, 6) is 1.12. The van der Waals surface area contributed by atoms with Crippen LogP contribution in [0.2, 0.25) is 0 Å². The van der Waals surface area contributed by atoms with E-state index in [1.54, 1.807) is 12.4 Å². The van der Waals surface area contributed by atoms with Gasteiger partial charge in [-0.3, -0.25) is 9.78 Å². The summed E-state index contributed by atoms with van der Waals surface area (Å²) in [6.45, 7) is 2.53. The summed E-state index contributed by atoms with van der Waals surface area (Å²) in [6.07, 6.45) is 11.6. The SMILES string of the molecule is CCOc1cncc(C(=O)C2CCCCCCC2)c1. The summed E-state index contributed by atoms with van der Waals surface area (Å²) in [6, 6.07) is 1.83.